The van der Waals surface area contributed by atoms with Gasteiger partial charge in [0.2, 0.25) is 5.88 Å². The standard InChI is InChI=1S/C22H21BrFN3O2/c1-27(2)10-11-28-12-13-29-22-20(8-6-16-4-3-5-17(23)14-16)25-21-15-18(24)7-9-19(21)26-22/h3-5,7,9,14-15H,10-13H2,1-2H3. The highest BCUT2D eigenvalue weighted by Gasteiger charge is 2.10. The van der Waals surface area contributed by atoms with Crippen molar-refractivity contribution in [3.05, 3.63) is 64.0 Å². The fourth-order valence-corrected chi connectivity index (χ4v) is 2.84. The summed E-state index contributed by atoms with van der Waals surface area (Å²) in [5, 5.41) is 0. The largest absolute Gasteiger partial charge is 0.473 e. The fourth-order valence-electron chi connectivity index (χ4n) is 2.44. The topological polar surface area (TPSA) is 47.5 Å². The molecule has 0 radical (unpaired) electrons. The molecule has 5 nitrogen and oxygen atoms in total. The van der Waals surface area contributed by atoms with E-state index in [4.69, 9.17) is 9.47 Å². The molecule has 1 aromatic heterocycles. The summed E-state index contributed by atoms with van der Waals surface area (Å²) in [6.45, 7) is 2.20. The Morgan fingerprint density at radius 2 is 1.86 bits per heavy atom. The molecule has 0 unspecified atom stereocenters. The molecule has 3 aromatic rings. The van der Waals surface area contributed by atoms with Gasteiger partial charge < -0.3 is 14.4 Å². The summed E-state index contributed by atoms with van der Waals surface area (Å²) >= 11 is 3.43. The van der Waals surface area contributed by atoms with Gasteiger partial charge in [0.15, 0.2) is 5.69 Å². The molecule has 0 fully saturated rings. The van der Waals surface area contributed by atoms with Gasteiger partial charge in [-0.2, -0.15) is 0 Å². The summed E-state index contributed by atoms with van der Waals surface area (Å²) in [7, 11) is 3.98. The molecule has 150 valence electrons. The van der Waals surface area contributed by atoms with Crippen LogP contribution >= 0.6 is 15.9 Å². The van der Waals surface area contributed by atoms with Crippen molar-refractivity contribution in [2.75, 3.05) is 40.5 Å². The van der Waals surface area contributed by atoms with Gasteiger partial charge in [-0.1, -0.05) is 27.9 Å². The summed E-state index contributed by atoms with van der Waals surface area (Å²) in [5.74, 6) is 5.98. The summed E-state index contributed by atoms with van der Waals surface area (Å²) in [4.78, 5) is 11.0. The molecule has 0 amide bonds. The van der Waals surface area contributed by atoms with Gasteiger partial charge in [0.25, 0.3) is 0 Å². The second-order valence-electron chi connectivity index (χ2n) is 6.53. The molecule has 0 saturated carbocycles. The number of likely N-dealkylation sites (N-methyl/N-ethyl adjacent to an activating group) is 1. The number of halogens is 2. The van der Waals surface area contributed by atoms with Crippen molar-refractivity contribution >= 4 is 27.0 Å². The maximum atomic E-state index is 13.6. The minimum Gasteiger partial charge on any atom is -0.473 e. The summed E-state index contributed by atoms with van der Waals surface area (Å²) in [5.41, 5.74) is 2.15. The van der Waals surface area contributed by atoms with Crippen molar-refractivity contribution in [3.63, 3.8) is 0 Å². The highest BCUT2D eigenvalue weighted by molar-refractivity contribution is 9.10. The molecular weight excluding hydrogens is 437 g/mol. The lowest BCUT2D eigenvalue weighted by Gasteiger charge is -2.11. The molecule has 0 bridgehead atoms. The van der Waals surface area contributed by atoms with Crippen molar-refractivity contribution in [2.24, 2.45) is 0 Å². The van der Waals surface area contributed by atoms with E-state index in [1.54, 1.807) is 6.07 Å². The van der Waals surface area contributed by atoms with E-state index in [1.165, 1.54) is 12.1 Å². The van der Waals surface area contributed by atoms with Crippen LogP contribution in [0.25, 0.3) is 11.0 Å². The lowest BCUT2D eigenvalue weighted by atomic mass is 10.2. The number of nitrogens with zero attached hydrogens (tertiary/aromatic N) is 3. The van der Waals surface area contributed by atoms with E-state index < -0.39 is 0 Å². The van der Waals surface area contributed by atoms with E-state index >= 15 is 0 Å². The van der Waals surface area contributed by atoms with Crippen LogP contribution in [0.4, 0.5) is 4.39 Å². The first-order chi connectivity index (χ1) is 14.0. The summed E-state index contributed by atoms with van der Waals surface area (Å²) < 4.78 is 25.8. The Morgan fingerprint density at radius 1 is 1.00 bits per heavy atom. The normalized spacial score (nSPS) is 10.8. The van der Waals surface area contributed by atoms with Gasteiger partial charge in [-0.05, 0) is 50.3 Å². The Kier molecular flexibility index (Phi) is 7.53. The van der Waals surface area contributed by atoms with Crippen LogP contribution in [0.5, 0.6) is 5.88 Å². The van der Waals surface area contributed by atoms with Crippen LogP contribution in [0.15, 0.2) is 46.9 Å². The number of hydrogen-bond donors (Lipinski definition) is 0. The molecule has 3 rings (SSSR count). The Labute approximate surface area is 178 Å². The van der Waals surface area contributed by atoms with Crippen LogP contribution in [0.1, 0.15) is 11.3 Å². The maximum Gasteiger partial charge on any atom is 0.249 e. The monoisotopic (exact) mass is 457 g/mol. The van der Waals surface area contributed by atoms with Crippen molar-refractivity contribution in [2.45, 2.75) is 0 Å². The zero-order chi connectivity index (χ0) is 20.6. The minimum atomic E-state index is -0.374. The zero-order valence-electron chi connectivity index (χ0n) is 16.3. The van der Waals surface area contributed by atoms with Crippen LogP contribution in [-0.2, 0) is 4.74 Å². The SMILES string of the molecule is CN(C)CCOCCOc1nc2ccc(F)cc2nc1C#Cc1cccc(Br)c1. The molecule has 0 aliphatic heterocycles. The molecular formula is C22H21BrFN3O2. The summed E-state index contributed by atoms with van der Waals surface area (Å²) in [6.07, 6.45) is 0. The molecule has 0 spiro atoms. The number of fused-ring (bicyclic) bond motifs is 1. The first-order valence-corrected chi connectivity index (χ1v) is 9.91. The molecule has 0 aliphatic carbocycles. The molecule has 0 saturated heterocycles. The quantitative estimate of drug-likeness (QED) is 0.397. The van der Waals surface area contributed by atoms with Crippen molar-refractivity contribution < 1.29 is 13.9 Å². The third-order valence-electron chi connectivity index (χ3n) is 3.89. The van der Waals surface area contributed by atoms with Crippen molar-refractivity contribution in [1.29, 1.82) is 0 Å². The highest BCUT2D eigenvalue weighted by atomic mass is 79.9. The van der Waals surface area contributed by atoms with Crippen LogP contribution in [0.2, 0.25) is 0 Å². The lowest BCUT2D eigenvalue weighted by molar-refractivity contribution is 0.0875. The van der Waals surface area contributed by atoms with E-state index in [0.29, 0.717) is 42.4 Å². The second kappa shape index (κ2) is 10.3. The van der Waals surface area contributed by atoms with Gasteiger partial charge in [-0.25, -0.2) is 14.4 Å². The average molecular weight is 458 g/mol. The molecule has 29 heavy (non-hydrogen) atoms. The molecule has 0 aliphatic rings. The zero-order valence-corrected chi connectivity index (χ0v) is 17.9. The van der Waals surface area contributed by atoms with Crippen LogP contribution in [0.3, 0.4) is 0 Å². The lowest BCUT2D eigenvalue weighted by Crippen LogP contribution is -2.19. The smallest absolute Gasteiger partial charge is 0.249 e. The summed E-state index contributed by atoms with van der Waals surface area (Å²) in [6, 6.07) is 11.9. The van der Waals surface area contributed by atoms with Gasteiger partial charge in [-0.15, -0.1) is 0 Å². The average Bonchev–Trinajstić information content (AvgIpc) is 2.68. The van der Waals surface area contributed by atoms with E-state index in [0.717, 1.165) is 16.6 Å². The van der Waals surface area contributed by atoms with Gasteiger partial charge in [0.05, 0.1) is 24.2 Å². The minimum absolute atomic E-state index is 0.308. The number of ether oxygens (including phenoxy) is 2. The number of hydrogen-bond acceptors (Lipinski definition) is 5. The van der Waals surface area contributed by atoms with Gasteiger partial charge in [-0.3, -0.25) is 0 Å². The van der Waals surface area contributed by atoms with Crippen LogP contribution in [0, 0.1) is 17.7 Å². The van der Waals surface area contributed by atoms with E-state index in [9.17, 15) is 4.39 Å². The van der Waals surface area contributed by atoms with Crippen molar-refractivity contribution in [3.8, 4) is 17.7 Å². The van der Waals surface area contributed by atoms with E-state index in [2.05, 4.69) is 37.7 Å². The molecule has 1 heterocycles. The Morgan fingerprint density at radius 3 is 2.66 bits per heavy atom. The maximum absolute atomic E-state index is 13.6. The highest BCUT2D eigenvalue weighted by Crippen LogP contribution is 2.19. The van der Waals surface area contributed by atoms with Crippen LogP contribution in [-0.4, -0.2) is 55.3 Å². The van der Waals surface area contributed by atoms with Gasteiger partial charge in [0.1, 0.15) is 12.4 Å². The predicted molar refractivity (Wildman–Crippen MR) is 114 cm³/mol. The molecule has 2 aromatic carbocycles. The number of rotatable bonds is 7. The van der Waals surface area contributed by atoms with Crippen molar-refractivity contribution in [1.82, 2.24) is 14.9 Å². The first kappa shape index (κ1) is 21.2. The number of benzene rings is 2. The molecule has 7 heteroatoms. The Bertz CT molecular complexity index is 1050. The third-order valence-corrected chi connectivity index (χ3v) is 4.39. The van der Waals surface area contributed by atoms with E-state index in [-0.39, 0.29) is 5.82 Å². The predicted octanol–water partition coefficient (Wildman–Crippen LogP) is 3.89. The molecule has 0 atom stereocenters. The fraction of sp³-hybridized carbons (Fsp3) is 0.273. The number of aromatic nitrogens is 2. The van der Waals surface area contributed by atoms with Gasteiger partial charge >= 0.3 is 0 Å². The van der Waals surface area contributed by atoms with E-state index in [1.807, 2.05) is 43.3 Å². The molecule has 0 N–H and O–H groups in total. The van der Waals surface area contributed by atoms with Crippen LogP contribution < -0.4 is 4.74 Å². The first-order valence-electron chi connectivity index (χ1n) is 9.11. The Hall–Kier alpha value is -2.53. The third kappa shape index (κ3) is 6.50. The second-order valence-corrected chi connectivity index (χ2v) is 7.45. The Balaban J connectivity index is 1.80. The van der Waals surface area contributed by atoms with Gasteiger partial charge in [0, 0.05) is 22.6 Å².